The predicted octanol–water partition coefficient (Wildman–Crippen LogP) is 15.8. The molecule has 7 atom stereocenters. The van der Waals surface area contributed by atoms with Crippen LogP contribution in [-0.2, 0) is 28.6 Å². The van der Waals surface area contributed by atoms with Gasteiger partial charge in [0.2, 0.25) is 5.95 Å². The fraction of sp³-hybridized carbons (Fsp3) is 0.467. The highest BCUT2D eigenvalue weighted by Crippen LogP contribution is 2.45. The maximum Gasteiger partial charge on any atom is 0.417 e. The molecule has 5 N–H and O–H groups in total. The number of carbonyl (C=O) groups is 5. The number of benzene rings is 3. The van der Waals surface area contributed by atoms with E-state index in [1.807, 2.05) is 96.1 Å². The highest BCUT2D eigenvalue weighted by atomic mass is 19.4. The van der Waals surface area contributed by atoms with Crippen molar-refractivity contribution in [3.63, 3.8) is 0 Å². The quantitative estimate of drug-likeness (QED) is 0.0697. The van der Waals surface area contributed by atoms with Crippen LogP contribution in [0.3, 0.4) is 0 Å². The molecule has 0 spiro atoms. The molecular formula is C92H111F12N17O8. The van der Waals surface area contributed by atoms with Crippen molar-refractivity contribution in [2.45, 2.75) is 168 Å². The summed E-state index contributed by atoms with van der Waals surface area (Å²) in [6, 6.07) is 8.91. The fourth-order valence-corrected chi connectivity index (χ4v) is 16.8. The molecule has 10 heterocycles. The van der Waals surface area contributed by atoms with E-state index in [0.717, 1.165) is 56.1 Å². The number of likely N-dealkylation sites (N-methyl/N-ethyl adjacent to an activating group) is 4. The van der Waals surface area contributed by atoms with Gasteiger partial charge in [0.25, 0.3) is 17.7 Å². The molecular weight excluding hydrogens is 1700 g/mol. The minimum absolute atomic E-state index is 0.00278. The van der Waals surface area contributed by atoms with Gasteiger partial charge in [0.1, 0.15) is 23.1 Å². The topological polar surface area (TPSA) is 231 Å². The van der Waals surface area contributed by atoms with Crippen LogP contribution in [0.2, 0.25) is 0 Å². The Bertz CT molecular complexity index is 5250. The van der Waals surface area contributed by atoms with Gasteiger partial charge >= 0.3 is 30.7 Å². The summed E-state index contributed by atoms with van der Waals surface area (Å²) in [6.45, 7) is 35.9. The van der Waals surface area contributed by atoms with Gasteiger partial charge in [-0.3, -0.25) is 29.1 Å². The van der Waals surface area contributed by atoms with Gasteiger partial charge in [-0.15, -0.1) is 0 Å². The summed E-state index contributed by atoms with van der Waals surface area (Å²) in [4.78, 5) is 92.9. The zero-order chi connectivity index (χ0) is 94.1. The number of hydrogen-bond acceptors (Lipinski definition) is 20. The van der Waals surface area contributed by atoms with E-state index < -0.39 is 105 Å². The largest absolute Gasteiger partial charge is 0.447 e. The lowest BCUT2D eigenvalue weighted by Crippen LogP contribution is -2.55. The van der Waals surface area contributed by atoms with Crippen molar-refractivity contribution >= 4 is 81.1 Å². The Morgan fingerprint density at radius 2 is 0.930 bits per heavy atom. The van der Waals surface area contributed by atoms with Gasteiger partial charge in [0, 0.05) is 192 Å². The normalized spacial score (nSPS) is 23.1. The van der Waals surface area contributed by atoms with Gasteiger partial charge in [-0.2, -0.15) is 39.5 Å². The SMILES string of the molecule is C=C1C=C(C(F)(F)F)C(C(=O)Nc2cc(-c3cnc(N4CCO[C@@H](C)C4)nc3)c(F)cc2N2C[C@@H](C)N(C)[C@@H](C)C2)=CN1C.C=C1C=C(C(F)(F)F)C(C(=O)Nc2cc(C3=CCN(C(=O)OC(C)C)C3)c(F)cc2N2C[C@@H](C)N(C)[C@@H](C)C2)=CN1.C=C1C=C(C(F)(F)F)C(C(=O)Nc2cc(C3=CCN(C(=O)OC4(C)CCC4)CC3)c(F)cc2N2C[C@@H](C)N(C)[C@@H](C)C2)=CN1. The zero-order valence-corrected chi connectivity index (χ0v) is 74.7. The number of dihydropyridines is 2. The number of piperazine rings is 3. The van der Waals surface area contributed by atoms with E-state index in [-0.39, 0.29) is 119 Å². The van der Waals surface area contributed by atoms with Gasteiger partial charge in [-0.05, 0) is 182 Å². The van der Waals surface area contributed by atoms with Crippen LogP contribution in [-0.4, -0.2) is 255 Å². The van der Waals surface area contributed by atoms with Gasteiger partial charge < -0.3 is 75.1 Å². The first-order chi connectivity index (χ1) is 60.5. The zero-order valence-electron chi connectivity index (χ0n) is 74.7. The van der Waals surface area contributed by atoms with Crippen molar-refractivity contribution in [1.29, 1.82) is 0 Å². The molecule has 4 aromatic rings. The summed E-state index contributed by atoms with van der Waals surface area (Å²) in [7, 11) is 7.50. The van der Waals surface area contributed by atoms with Crippen LogP contribution in [0.1, 0.15) is 106 Å². The molecule has 696 valence electrons. The van der Waals surface area contributed by atoms with Crippen molar-refractivity contribution in [2.24, 2.45) is 0 Å². The standard InChI is InChI=1S/C32H39F4N5O3.C31H37F4N7O2.C29H35F4N5O3/c1-19-13-25(32(34,35)36)24(16-37-19)29(42)38-27-14-23(26(33)15-28(27)41-17-20(2)39(5)21(3)18-41)22-7-11-40(12-8-22)30(43)44-31(4)9-6-10-31;1-18-9-25(31(33,34)35)24(17-39(18)5)29(43)38-27-10-23(22-12-36-30(37-13-22)41-7-8-44-21(4)16-41)26(32)11-28(27)42-14-19(2)40(6)20(3)15-42;1-16(2)41-28(40)37-8-7-20(15-37)21-10-25(26(11-24(21)30)38-13-18(4)36(6)19(5)14-38)35-27(39)22-12-34-17(3)9-23(22)29(31,32)33/h7,13-16,20-21,37H,1,6,8-12,17-18H2,2-5H3,(H,38,42);9-13,17,19-21H,1,7-8,14-16H2,2-6H3,(H,38,43);7,9-12,16,18-19,34H,3,8,13-15H2,1-2,4-6H3,(H,35,39)/t20-,21+;19-,20+,21-;18-,19+/m.0./s1. The number of anilines is 7. The van der Waals surface area contributed by atoms with Crippen LogP contribution < -0.4 is 46.2 Å². The molecule has 0 radical (unpaired) electrons. The van der Waals surface area contributed by atoms with Crippen LogP contribution in [0.5, 0.6) is 0 Å². The maximum absolute atomic E-state index is 15.8. The van der Waals surface area contributed by atoms with E-state index >= 15 is 13.2 Å². The van der Waals surface area contributed by atoms with Crippen molar-refractivity contribution in [2.75, 3.05) is 149 Å². The van der Waals surface area contributed by atoms with Crippen LogP contribution in [0.25, 0.3) is 22.3 Å². The lowest BCUT2D eigenvalue weighted by atomic mass is 9.82. The number of allylic oxidation sites excluding steroid dienone is 3. The average Bonchev–Trinajstić information content (AvgIpc) is 1.62. The third-order valence-electron chi connectivity index (χ3n) is 25.0. The molecule has 25 nitrogen and oxygen atoms in total. The smallest absolute Gasteiger partial charge is 0.417 e. The first-order valence-electron chi connectivity index (χ1n) is 42.7. The fourth-order valence-electron chi connectivity index (χ4n) is 16.8. The number of nitrogens with zero attached hydrogens (tertiary/aromatic N) is 12. The molecule has 14 rings (SSSR count). The van der Waals surface area contributed by atoms with E-state index in [0.29, 0.717) is 112 Å². The van der Waals surface area contributed by atoms with Crippen molar-refractivity contribution in [3.8, 4) is 11.1 Å². The van der Waals surface area contributed by atoms with E-state index in [1.165, 1.54) is 65.6 Å². The predicted molar refractivity (Wildman–Crippen MR) is 473 cm³/mol. The molecule has 37 heteroatoms. The minimum atomic E-state index is -4.80. The molecule has 0 unspecified atom stereocenters. The molecule has 5 amide bonds. The Morgan fingerprint density at radius 1 is 0.527 bits per heavy atom. The number of carbonyl (C=O) groups excluding carboxylic acids is 5. The number of aromatic nitrogens is 2. The number of rotatable bonds is 15. The molecule has 9 aliphatic heterocycles. The monoisotopic (exact) mass is 1810 g/mol. The minimum Gasteiger partial charge on any atom is -0.447 e. The first kappa shape index (κ1) is 96.5. The first-order valence-corrected chi connectivity index (χ1v) is 42.7. The summed E-state index contributed by atoms with van der Waals surface area (Å²) >= 11 is 0. The second kappa shape index (κ2) is 39.0. The molecule has 4 saturated heterocycles. The summed E-state index contributed by atoms with van der Waals surface area (Å²) in [6.07, 6.45) is -0.739. The Labute approximate surface area is 742 Å². The molecule has 10 aliphatic rings. The summed E-state index contributed by atoms with van der Waals surface area (Å²) in [5, 5.41) is 13.1. The van der Waals surface area contributed by atoms with Gasteiger partial charge in [-0.25, -0.2) is 32.7 Å². The third-order valence-corrected chi connectivity index (χ3v) is 25.0. The number of ether oxygens (including phenoxy) is 3. The molecule has 1 saturated carbocycles. The van der Waals surface area contributed by atoms with Gasteiger partial charge in [-0.1, -0.05) is 31.9 Å². The number of alkyl halides is 9. The van der Waals surface area contributed by atoms with E-state index in [1.54, 1.807) is 30.9 Å². The molecule has 0 bridgehead atoms. The van der Waals surface area contributed by atoms with Crippen LogP contribution in [0, 0.1) is 17.5 Å². The number of amides is 5. The number of nitrogens with one attached hydrogen (secondary N) is 5. The third kappa shape index (κ3) is 22.5. The Morgan fingerprint density at radius 3 is 1.33 bits per heavy atom. The maximum atomic E-state index is 15.8. The Balaban J connectivity index is 0.000000175. The average molecular weight is 1810 g/mol. The summed E-state index contributed by atoms with van der Waals surface area (Å²) in [5.41, 5.74) is -1.92. The molecule has 1 aromatic heterocycles. The lowest BCUT2D eigenvalue weighted by Gasteiger charge is -2.44. The second-order valence-electron chi connectivity index (χ2n) is 35.0. The summed E-state index contributed by atoms with van der Waals surface area (Å²) < 4.78 is 189. The summed E-state index contributed by atoms with van der Waals surface area (Å²) in [5.74, 6) is -4.16. The van der Waals surface area contributed by atoms with E-state index in [4.69, 9.17) is 14.2 Å². The van der Waals surface area contributed by atoms with Gasteiger partial charge in [0.15, 0.2) is 0 Å². The number of hydrogen-bond donors (Lipinski definition) is 5. The molecule has 3 aromatic carbocycles. The van der Waals surface area contributed by atoms with Crippen LogP contribution in [0.4, 0.5) is 102 Å². The Kier molecular flexibility index (Phi) is 29.2. The van der Waals surface area contributed by atoms with E-state index in [2.05, 4.69) is 71.0 Å². The second-order valence-corrected chi connectivity index (χ2v) is 35.0. The highest BCUT2D eigenvalue weighted by Gasteiger charge is 2.45. The number of halogens is 12. The van der Waals surface area contributed by atoms with Crippen molar-refractivity contribution in [1.82, 2.24) is 50.0 Å². The van der Waals surface area contributed by atoms with Crippen LogP contribution >= 0.6 is 0 Å². The van der Waals surface area contributed by atoms with Crippen LogP contribution in [0.15, 0.2) is 168 Å². The van der Waals surface area contributed by atoms with Crippen molar-refractivity contribution < 1.29 is 90.9 Å². The lowest BCUT2D eigenvalue weighted by molar-refractivity contribution is -0.115. The highest BCUT2D eigenvalue weighted by molar-refractivity contribution is 6.11. The number of morpholine rings is 1. The van der Waals surface area contributed by atoms with Crippen molar-refractivity contribution in [3.05, 3.63) is 197 Å². The van der Waals surface area contributed by atoms with Gasteiger partial charge in [0.05, 0.1) is 86.4 Å². The Hall–Kier alpha value is -11.6. The molecule has 5 fully saturated rings. The molecule has 1 aliphatic carbocycles. The molecule has 129 heavy (non-hydrogen) atoms. The van der Waals surface area contributed by atoms with E-state index in [9.17, 15) is 63.5 Å².